The van der Waals surface area contributed by atoms with Gasteiger partial charge >= 0.3 is 5.97 Å². The summed E-state index contributed by atoms with van der Waals surface area (Å²) in [6.45, 7) is -0.588. The summed E-state index contributed by atoms with van der Waals surface area (Å²) < 4.78 is 15.8. The molecule has 0 unspecified atom stereocenters. The van der Waals surface area contributed by atoms with Crippen LogP contribution in [-0.4, -0.2) is 37.1 Å². The van der Waals surface area contributed by atoms with E-state index >= 15 is 0 Å². The third-order valence-electron chi connectivity index (χ3n) is 3.55. The summed E-state index contributed by atoms with van der Waals surface area (Å²) >= 11 is 5.87. The first kappa shape index (κ1) is 18.5. The fourth-order valence-electron chi connectivity index (χ4n) is 2.23. The molecule has 1 aliphatic rings. The van der Waals surface area contributed by atoms with Gasteiger partial charge in [0.1, 0.15) is 6.61 Å². The van der Waals surface area contributed by atoms with E-state index in [4.69, 9.17) is 25.8 Å². The molecule has 3 rings (SSSR count). The SMILES string of the molecule is O=C(COC(=O)c1ccccc1Cl)NNC(=O)[C@H]1COc2ccccc2O1. The third kappa shape index (κ3) is 4.68. The van der Waals surface area contributed by atoms with E-state index in [2.05, 4.69) is 10.9 Å². The Hall–Kier alpha value is -3.26. The smallest absolute Gasteiger partial charge is 0.340 e. The van der Waals surface area contributed by atoms with Crippen molar-refractivity contribution in [3.05, 3.63) is 59.1 Å². The molecule has 0 saturated heterocycles. The summed E-state index contributed by atoms with van der Waals surface area (Å²) in [4.78, 5) is 35.7. The number of halogens is 1. The number of hydrogen-bond acceptors (Lipinski definition) is 6. The largest absolute Gasteiger partial charge is 0.485 e. The number of esters is 1. The van der Waals surface area contributed by atoms with Gasteiger partial charge in [-0.1, -0.05) is 35.9 Å². The molecule has 0 aromatic heterocycles. The van der Waals surface area contributed by atoms with Gasteiger partial charge < -0.3 is 14.2 Å². The summed E-state index contributed by atoms with van der Waals surface area (Å²) in [5.41, 5.74) is 4.48. The number of amides is 2. The highest BCUT2D eigenvalue weighted by molar-refractivity contribution is 6.33. The number of benzene rings is 2. The van der Waals surface area contributed by atoms with Crippen LogP contribution in [0.25, 0.3) is 0 Å². The number of hydrogen-bond donors (Lipinski definition) is 2. The minimum atomic E-state index is -0.925. The number of para-hydroxylation sites is 2. The van der Waals surface area contributed by atoms with E-state index in [0.717, 1.165) is 0 Å². The highest BCUT2D eigenvalue weighted by Gasteiger charge is 2.27. The average Bonchev–Trinajstić information content (AvgIpc) is 2.70. The van der Waals surface area contributed by atoms with Gasteiger partial charge in [-0.25, -0.2) is 4.79 Å². The summed E-state index contributed by atoms with van der Waals surface area (Å²) in [6.07, 6.45) is -0.925. The first-order valence-corrected chi connectivity index (χ1v) is 8.31. The van der Waals surface area contributed by atoms with Gasteiger partial charge in [-0.2, -0.15) is 0 Å². The topological polar surface area (TPSA) is 103 Å². The van der Waals surface area contributed by atoms with Crippen LogP contribution in [0.2, 0.25) is 5.02 Å². The first-order chi connectivity index (χ1) is 13.0. The van der Waals surface area contributed by atoms with Crippen LogP contribution in [0.15, 0.2) is 48.5 Å². The van der Waals surface area contributed by atoms with Gasteiger partial charge in [-0.3, -0.25) is 20.4 Å². The van der Waals surface area contributed by atoms with Crippen LogP contribution in [0.5, 0.6) is 11.5 Å². The van der Waals surface area contributed by atoms with Crippen molar-refractivity contribution in [1.29, 1.82) is 0 Å². The second-order valence-electron chi connectivity index (χ2n) is 5.46. The van der Waals surface area contributed by atoms with E-state index in [-0.39, 0.29) is 17.2 Å². The summed E-state index contributed by atoms with van der Waals surface area (Å²) in [5, 5.41) is 0.214. The van der Waals surface area contributed by atoms with Gasteiger partial charge in [0.25, 0.3) is 11.8 Å². The van der Waals surface area contributed by atoms with Crippen molar-refractivity contribution in [3.63, 3.8) is 0 Å². The lowest BCUT2D eigenvalue weighted by Crippen LogP contribution is -2.51. The van der Waals surface area contributed by atoms with Crippen molar-refractivity contribution < 1.29 is 28.6 Å². The Morgan fingerprint density at radius 3 is 2.52 bits per heavy atom. The van der Waals surface area contributed by atoms with Crippen molar-refractivity contribution in [2.24, 2.45) is 0 Å². The number of rotatable bonds is 4. The second-order valence-corrected chi connectivity index (χ2v) is 5.86. The molecule has 0 saturated carbocycles. The van der Waals surface area contributed by atoms with E-state index in [0.29, 0.717) is 11.5 Å². The molecule has 9 heteroatoms. The number of fused-ring (bicyclic) bond motifs is 1. The molecule has 0 aliphatic carbocycles. The third-order valence-corrected chi connectivity index (χ3v) is 3.88. The quantitative estimate of drug-likeness (QED) is 0.605. The number of carbonyl (C=O) groups excluding carboxylic acids is 3. The van der Waals surface area contributed by atoms with Crippen molar-refractivity contribution in [3.8, 4) is 11.5 Å². The van der Waals surface area contributed by atoms with E-state index in [1.165, 1.54) is 12.1 Å². The Labute approximate surface area is 159 Å². The van der Waals surface area contributed by atoms with E-state index < -0.39 is 30.5 Å². The zero-order valence-corrected chi connectivity index (χ0v) is 14.7. The van der Waals surface area contributed by atoms with Crippen LogP contribution in [0, 0.1) is 0 Å². The Morgan fingerprint density at radius 1 is 1.04 bits per heavy atom. The normalized spacial score (nSPS) is 14.8. The van der Waals surface area contributed by atoms with Gasteiger partial charge in [-0.15, -0.1) is 0 Å². The second kappa shape index (κ2) is 8.41. The van der Waals surface area contributed by atoms with Crippen molar-refractivity contribution >= 4 is 29.4 Å². The Kier molecular flexibility index (Phi) is 5.77. The molecule has 27 heavy (non-hydrogen) atoms. The first-order valence-electron chi connectivity index (χ1n) is 7.93. The van der Waals surface area contributed by atoms with Crippen LogP contribution in [0.3, 0.4) is 0 Å². The molecule has 2 aromatic carbocycles. The minimum absolute atomic E-state index is 0.000208. The monoisotopic (exact) mass is 390 g/mol. The minimum Gasteiger partial charge on any atom is -0.485 e. The Balaban J connectivity index is 1.43. The van der Waals surface area contributed by atoms with Crippen LogP contribution in [-0.2, 0) is 14.3 Å². The molecule has 1 aliphatic heterocycles. The zero-order chi connectivity index (χ0) is 19.2. The van der Waals surface area contributed by atoms with Gasteiger partial charge in [0.2, 0.25) is 6.10 Å². The highest BCUT2D eigenvalue weighted by Crippen LogP contribution is 2.30. The molecular weight excluding hydrogens is 376 g/mol. The maximum atomic E-state index is 12.1. The number of hydrazine groups is 1. The summed E-state index contributed by atoms with van der Waals surface area (Å²) in [6, 6.07) is 13.2. The number of carbonyl (C=O) groups is 3. The molecule has 0 spiro atoms. The van der Waals surface area contributed by atoms with Crippen molar-refractivity contribution in [1.82, 2.24) is 10.9 Å². The van der Waals surface area contributed by atoms with Crippen molar-refractivity contribution in [2.45, 2.75) is 6.10 Å². The number of ether oxygens (including phenoxy) is 3. The lowest BCUT2D eigenvalue weighted by molar-refractivity contribution is -0.135. The van der Waals surface area contributed by atoms with Crippen LogP contribution in [0.4, 0.5) is 0 Å². The van der Waals surface area contributed by atoms with Gasteiger partial charge in [0.15, 0.2) is 18.1 Å². The molecule has 1 atom stereocenters. The molecule has 2 aromatic rings. The fourth-order valence-corrected chi connectivity index (χ4v) is 2.45. The summed E-state index contributed by atoms with van der Waals surface area (Å²) in [5.74, 6) is -1.10. The highest BCUT2D eigenvalue weighted by atomic mass is 35.5. The molecule has 1 heterocycles. The van der Waals surface area contributed by atoms with Crippen LogP contribution < -0.4 is 20.3 Å². The van der Waals surface area contributed by atoms with Crippen LogP contribution >= 0.6 is 11.6 Å². The number of nitrogens with one attached hydrogen (secondary N) is 2. The molecule has 2 N–H and O–H groups in total. The fraction of sp³-hybridized carbons (Fsp3) is 0.167. The maximum Gasteiger partial charge on any atom is 0.340 e. The van der Waals surface area contributed by atoms with E-state index in [9.17, 15) is 14.4 Å². The van der Waals surface area contributed by atoms with Gasteiger partial charge in [-0.05, 0) is 24.3 Å². The van der Waals surface area contributed by atoms with Gasteiger partial charge in [0.05, 0.1) is 10.6 Å². The van der Waals surface area contributed by atoms with E-state index in [1.54, 1.807) is 36.4 Å². The predicted molar refractivity (Wildman–Crippen MR) is 94.4 cm³/mol. The molecule has 2 amide bonds. The van der Waals surface area contributed by atoms with Crippen molar-refractivity contribution in [2.75, 3.05) is 13.2 Å². The molecule has 140 valence electrons. The Bertz CT molecular complexity index is 872. The van der Waals surface area contributed by atoms with E-state index in [1.807, 2.05) is 0 Å². The van der Waals surface area contributed by atoms with Gasteiger partial charge in [0, 0.05) is 0 Å². The maximum absolute atomic E-state index is 12.1. The predicted octanol–water partition coefficient (Wildman–Crippen LogP) is 1.48. The lowest BCUT2D eigenvalue weighted by atomic mass is 10.2. The standard InChI is InChI=1S/C18H15ClN2O6/c19-12-6-2-1-5-11(12)18(24)26-10-16(22)20-21-17(23)15-9-25-13-7-3-4-8-14(13)27-15/h1-8,15H,9-10H2,(H,20,22)(H,21,23)/t15-/m1/s1. The zero-order valence-electron chi connectivity index (χ0n) is 13.9. The summed E-state index contributed by atoms with van der Waals surface area (Å²) in [7, 11) is 0. The molecule has 0 fully saturated rings. The molecule has 0 radical (unpaired) electrons. The Morgan fingerprint density at radius 2 is 1.74 bits per heavy atom. The molecular formula is C18H15ClN2O6. The average molecular weight is 391 g/mol. The lowest BCUT2D eigenvalue weighted by Gasteiger charge is -2.25. The molecule has 0 bridgehead atoms. The molecule has 8 nitrogen and oxygen atoms in total. The van der Waals surface area contributed by atoms with Crippen LogP contribution in [0.1, 0.15) is 10.4 Å².